The Morgan fingerprint density at radius 3 is 2.36 bits per heavy atom. The molecule has 0 atom stereocenters. The molecule has 0 aliphatic carbocycles. The van der Waals surface area contributed by atoms with Crippen molar-refractivity contribution in [1.82, 2.24) is 10.1 Å². The van der Waals surface area contributed by atoms with E-state index in [0.717, 1.165) is 54.2 Å². The number of hydrogen-bond acceptors (Lipinski definition) is 6. The summed E-state index contributed by atoms with van der Waals surface area (Å²) in [6, 6.07) is 25.4. The van der Waals surface area contributed by atoms with Crippen molar-refractivity contribution < 1.29 is 18.8 Å². The van der Waals surface area contributed by atoms with Crippen LogP contribution in [0.3, 0.4) is 0 Å². The number of aromatic nitrogens is 1. The van der Waals surface area contributed by atoms with E-state index < -0.39 is 0 Å². The zero-order valence-electron chi connectivity index (χ0n) is 19.9. The van der Waals surface area contributed by atoms with Crippen LogP contribution in [-0.2, 0) is 13.1 Å². The van der Waals surface area contributed by atoms with E-state index in [-0.39, 0.29) is 12.7 Å². The van der Waals surface area contributed by atoms with E-state index in [9.17, 15) is 4.79 Å². The predicted molar refractivity (Wildman–Crippen MR) is 136 cm³/mol. The normalized spacial score (nSPS) is 14.3. The predicted octanol–water partition coefficient (Wildman–Crippen LogP) is 5.51. The molecule has 36 heavy (non-hydrogen) atoms. The smallest absolute Gasteiger partial charge is 0.254 e. The fourth-order valence-electron chi connectivity index (χ4n) is 4.84. The van der Waals surface area contributed by atoms with Gasteiger partial charge in [0.15, 0.2) is 11.5 Å². The summed E-state index contributed by atoms with van der Waals surface area (Å²) >= 11 is 0. The molecule has 0 saturated carbocycles. The van der Waals surface area contributed by atoms with Crippen molar-refractivity contribution in [3.05, 3.63) is 95.6 Å². The van der Waals surface area contributed by atoms with E-state index in [1.807, 2.05) is 65.6 Å². The molecule has 1 fully saturated rings. The van der Waals surface area contributed by atoms with E-state index in [1.54, 1.807) is 18.2 Å². The minimum atomic E-state index is -0.0928. The average Bonchev–Trinajstić information content (AvgIpc) is 3.69. The number of carbonyl (C=O) groups is 1. The van der Waals surface area contributed by atoms with Gasteiger partial charge in [-0.3, -0.25) is 4.79 Å². The minimum Gasteiger partial charge on any atom is -0.454 e. The highest BCUT2D eigenvalue weighted by Crippen LogP contribution is 2.36. The van der Waals surface area contributed by atoms with Crippen molar-refractivity contribution >= 4 is 11.8 Å². The summed E-state index contributed by atoms with van der Waals surface area (Å²) in [4.78, 5) is 18.0. The van der Waals surface area contributed by atoms with Gasteiger partial charge in [-0.1, -0.05) is 65.8 Å². The molecule has 7 heteroatoms. The molecule has 4 aromatic rings. The van der Waals surface area contributed by atoms with Gasteiger partial charge in [-0.15, -0.1) is 0 Å². The molecule has 6 rings (SSSR count). The number of amides is 1. The number of benzene rings is 3. The summed E-state index contributed by atoms with van der Waals surface area (Å²) in [6.45, 7) is 2.83. The molecule has 2 aliphatic heterocycles. The van der Waals surface area contributed by atoms with Gasteiger partial charge in [-0.2, -0.15) is 0 Å². The Kier molecular flexibility index (Phi) is 6.03. The summed E-state index contributed by atoms with van der Waals surface area (Å²) < 4.78 is 16.9. The SMILES string of the molecule is O=C(c1ccc2c(c1)OCO2)N(Cc1ccccc1)Cc1c(-c2ccccc2)noc1N1CCCC1. The number of nitrogens with zero attached hydrogens (tertiary/aromatic N) is 3. The Morgan fingerprint density at radius 1 is 0.861 bits per heavy atom. The topological polar surface area (TPSA) is 68.0 Å². The Morgan fingerprint density at radius 2 is 1.58 bits per heavy atom. The van der Waals surface area contributed by atoms with Crippen molar-refractivity contribution in [3.8, 4) is 22.8 Å². The van der Waals surface area contributed by atoms with Gasteiger partial charge in [0.25, 0.3) is 5.91 Å². The highest BCUT2D eigenvalue weighted by Gasteiger charge is 2.28. The monoisotopic (exact) mass is 481 g/mol. The molecule has 0 radical (unpaired) electrons. The quantitative estimate of drug-likeness (QED) is 0.347. The highest BCUT2D eigenvalue weighted by molar-refractivity contribution is 5.95. The lowest BCUT2D eigenvalue weighted by molar-refractivity contribution is 0.0730. The number of hydrogen-bond donors (Lipinski definition) is 0. The van der Waals surface area contributed by atoms with Gasteiger partial charge in [0, 0.05) is 30.8 Å². The van der Waals surface area contributed by atoms with Crippen LogP contribution in [0, 0.1) is 0 Å². The van der Waals surface area contributed by atoms with E-state index in [1.165, 1.54) is 0 Å². The van der Waals surface area contributed by atoms with Crippen LogP contribution in [0.25, 0.3) is 11.3 Å². The maximum absolute atomic E-state index is 13.9. The van der Waals surface area contributed by atoms with Crippen molar-refractivity contribution in [3.63, 3.8) is 0 Å². The lowest BCUT2D eigenvalue weighted by atomic mass is 10.1. The Bertz CT molecular complexity index is 1350. The van der Waals surface area contributed by atoms with Gasteiger partial charge in [-0.25, -0.2) is 0 Å². The average molecular weight is 482 g/mol. The third-order valence-electron chi connectivity index (χ3n) is 6.68. The van der Waals surface area contributed by atoms with Gasteiger partial charge in [0.05, 0.1) is 12.1 Å². The van der Waals surface area contributed by atoms with Crippen LogP contribution in [0.4, 0.5) is 5.88 Å². The number of rotatable bonds is 7. The van der Waals surface area contributed by atoms with Crippen LogP contribution >= 0.6 is 0 Å². The zero-order valence-corrected chi connectivity index (χ0v) is 19.9. The summed E-state index contributed by atoms with van der Waals surface area (Å²) in [5, 5.41) is 4.48. The zero-order chi connectivity index (χ0) is 24.3. The van der Waals surface area contributed by atoms with E-state index in [4.69, 9.17) is 14.0 Å². The number of fused-ring (bicyclic) bond motifs is 1. The molecule has 0 unspecified atom stereocenters. The third kappa shape index (κ3) is 4.40. The van der Waals surface area contributed by atoms with E-state index >= 15 is 0 Å². The minimum absolute atomic E-state index is 0.0928. The molecule has 0 N–H and O–H groups in total. The Labute approximate surface area is 209 Å². The summed E-state index contributed by atoms with van der Waals surface area (Å²) in [6.07, 6.45) is 2.23. The Balaban J connectivity index is 1.39. The molecular formula is C29H27N3O4. The second-order valence-electron chi connectivity index (χ2n) is 9.09. The first-order valence-electron chi connectivity index (χ1n) is 12.3. The molecule has 182 valence electrons. The van der Waals surface area contributed by atoms with Crippen molar-refractivity contribution in [2.24, 2.45) is 0 Å². The van der Waals surface area contributed by atoms with Gasteiger partial charge < -0.3 is 23.8 Å². The molecular weight excluding hydrogens is 454 g/mol. The molecule has 1 saturated heterocycles. The summed E-state index contributed by atoms with van der Waals surface area (Å²) in [5.74, 6) is 1.91. The van der Waals surface area contributed by atoms with Crippen LogP contribution in [0.2, 0.25) is 0 Å². The van der Waals surface area contributed by atoms with Crippen molar-refractivity contribution in [2.75, 3.05) is 24.8 Å². The first kappa shape index (κ1) is 22.2. The van der Waals surface area contributed by atoms with E-state index in [0.29, 0.717) is 30.2 Å². The lowest BCUT2D eigenvalue weighted by Crippen LogP contribution is -2.31. The molecule has 7 nitrogen and oxygen atoms in total. The molecule has 1 amide bonds. The van der Waals surface area contributed by atoms with Gasteiger partial charge >= 0.3 is 0 Å². The van der Waals surface area contributed by atoms with Crippen molar-refractivity contribution in [1.29, 1.82) is 0 Å². The number of anilines is 1. The van der Waals surface area contributed by atoms with Crippen LogP contribution in [0.15, 0.2) is 83.4 Å². The van der Waals surface area contributed by atoms with Crippen LogP contribution in [0.5, 0.6) is 11.5 Å². The molecule has 2 aliphatic rings. The summed E-state index contributed by atoms with van der Waals surface area (Å²) in [5.41, 5.74) is 4.27. The Hall–Kier alpha value is -4.26. The van der Waals surface area contributed by atoms with E-state index in [2.05, 4.69) is 10.1 Å². The summed E-state index contributed by atoms with van der Waals surface area (Å²) in [7, 11) is 0. The fourth-order valence-corrected chi connectivity index (χ4v) is 4.84. The third-order valence-corrected chi connectivity index (χ3v) is 6.68. The molecule has 3 heterocycles. The maximum atomic E-state index is 13.9. The van der Waals surface area contributed by atoms with Gasteiger partial charge in [0.2, 0.25) is 12.7 Å². The molecule has 1 aromatic heterocycles. The van der Waals surface area contributed by atoms with Gasteiger partial charge in [-0.05, 0) is 36.6 Å². The van der Waals surface area contributed by atoms with Crippen LogP contribution < -0.4 is 14.4 Å². The van der Waals surface area contributed by atoms with Crippen LogP contribution in [0.1, 0.15) is 34.3 Å². The second kappa shape index (κ2) is 9.77. The lowest BCUT2D eigenvalue weighted by Gasteiger charge is -2.25. The van der Waals surface area contributed by atoms with Gasteiger partial charge in [0.1, 0.15) is 5.69 Å². The number of carbonyl (C=O) groups excluding carboxylic acids is 1. The second-order valence-corrected chi connectivity index (χ2v) is 9.09. The molecule has 3 aromatic carbocycles. The van der Waals surface area contributed by atoms with Crippen LogP contribution in [-0.4, -0.2) is 35.8 Å². The largest absolute Gasteiger partial charge is 0.454 e. The first-order chi connectivity index (χ1) is 17.8. The van der Waals surface area contributed by atoms with Crippen molar-refractivity contribution in [2.45, 2.75) is 25.9 Å². The first-order valence-corrected chi connectivity index (χ1v) is 12.3. The molecule has 0 bridgehead atoms. The fraction of sp³-hybridized carbons (Fsp3) is 0.241. The maximum Gasteiger partial charge on any atom is 0.254 e. The highest BCUT2D eigenvalue weighted by atomic mass is 16.7. The number of ether oxygens (including phenoxy) is 2. The molecule has 0 spiro atoms. The standard InChI is InChI=1S/C29H27N3O4/c33-28(23-13-14-25-26(17-23)35-20-34-25)32(18-21-9-3-1-4-10-21)19-24-27(22-11-5-2-6-12-22)30-36-29(24)31-15-7-8-16-31/h1-6,9-14,17H,7-8,15-16,18-20H2.